The molecule has 0 aliphatic carbocycles. The molecule has 0 radical (unpaired) electrons. The van der Waals surface area contributed by atoms with Crippen LogP contribution in [0.5, 0.6) is 0 Å². The van der Waals surface area contributed by atoms with Crippen molar-refractivity contribution in [3.05, 3.63) is 72.1 Å². The summed E-state index contributed by atoms with van der Waals surface area (Å²) in [5.41, 5.74) is 2.16. The topological polar surface area (TPSA) is 33.2 Å². The van der Waals surface area contributed by atoms with Crippen molar-refractivity contribution in [3.63, 3.8) is 0 Å². The fourth-order valence-corrected chi connectivity index (χ4v) is 4.38. The van der Waals surface area contributed by atoms with Crippen molar-refractivity contribution in [2.75, 3.05) is 19.3 Å². The highest BCUT2D eigenvalue weighted by atomic mass is 32.2. The van der Waals surface area contributed by atoms with Gasteiger partial charge in [-0.3, -0.25) is 14.7 Å². The van der Waals surface area contributed by atoms with E-state index in [0.29, 0.717) is 0 Å². The SMILES string of the molecule is CSc1ccc(C(=O)C2CCCN(Cc3cccc4cnccc34)C2)cc1. The number of benzene rings is 2. The van der Waals surface area contributed by atoms with Gasteiger partial charge in [0.05, 0.1) is 0 Å². The average molecular weight is 377 g/mol. The van der Waals surface area contributed by atoms with E-state index in [0.717, 1.165) is 38.0 Å². The monoisotopic (exact) mass is 376 g/mol. The van der Waals surface area contributed by atoms with Crippen molar-refractivity contribution in [2.24, 2.45) is 5.92 Å². The Hall–Kier alpha value is -2.17. The molecule has 4 heteroatoms. The molecule has 3 aromatic rings. The fourth-order valence-electron chi connectivity index (χ4n) is 3.97. The molecule has 0 bridgehead atoms. The molecule has 138 valence electrons. The molecule has 2 aromatic carbocycles. The number of nitrogens with zero attached hydrogens (tertiary/aromatic N) is 2. The third-order valence-electron chi connectivity index (χ3n) is 5.42. The number of carbonyl (C=O) groups excluding carboxylic acids is 1. The Morgan fingerprint density at radius 1 is 1.19 bits per heavy atom. The minimum absolute atomic E-state index is 0.0931. The summed E-state index contributed by atoms with van der Waals surface area (Å²) in [6.07, 6.45) is 7.89. The maximum absolute atomic E-state index is 13.0. The Morgan fingerprint density at radius 2 is 2.04 bits per heavy atom. The first-order valence-corrected chi connectivity index (χ1v) is 10.7. The zero-order valence-electron chi connectivity index (χ0n) is 15.6. The van der Waals surface area contributed by atoms with E-state index in [4.69, 9.17) is 0 Å². The van der Waals surface area contributed by atoms with Crippen molar-refractivity contribution in [2.45, 2.75) is 24.3 Å². The molecule has 1 saturated heterocycles. The van der Waals surface area contributed by atoms with Gasteiger partial charge in [0.1, 0.15) is 0 Å². The second-order valence-corrected chi connectivity index (χ2v) is 8.06. The molecule has 0 N–H and O–H groups in total. The van der Waals surface area contributed by atoms with Crippen LogP contribution in [-0.4, -0.2) is 35.0 Å². The number of ketones is 1. The largest absolute Gasteiger partial charge is 0.298 e. The van der Waals surface area contributed by atoms with Gasteiger partial charge in [0.15, 0.2) is 5.78 Å². The number of Topliss-reactive ketones (excluding diaryl/α,β-unsaturated/α-hetero) is 1. The summed E-state index contributed by atoms with van der Waals surface area (Å²) in [6, 6.07) is 16.5. The predicted molar refractivity (Wildman–Crippen MR) is 112 cm³/mol. The molecule has 1 aliphatic heterocycles. The molecule has 1 fully saturated rings. The second-order valence-electron chi connectivity index (χ2n) is 7.18. The van der Waals surface area contributed by atoms with Gasteiger partial charge < -0.3 is 0 Å². The zero-order valence-corrected chi connectivity index (χ0v) is 16.4. The van der Waals surface area contributed by atoms with E-state index in [2.05, 4.69) is 40.4 Å². The van der Waals surface area contributed by atoms with Crippen LogP contribution in [0.3, 0.4) is 0 Å². The normalized spacial score (nSPS) is 17.9. The van der Waals surface area contributed by atoms with E-state index < -0.39 is 0 Å². The number of hydrogen-bond donors (Lipinski definition) is 0. The number of aromatic nitrogens is 1. The Bertz CT molecular complexity index is 933. The molecule has 1 atom stereocenters. The Kier molecular flexibility index (Phi) is 5.55. The highest BCUT2D eigenvalue weighted by molar-refractivity contribution is 7.98. The lowest BCUT2D eigenvalue weighted by Crippen LogP contribution is -2.38. The number of hydrogen-bond acceptors (Lipinski definition) is 4. The van der Waals surface area contributed by atoms with E-state index in [1.807, 2.05) is 36.7 Å². The van der Waals surface area contributed by atoms with Gasteiger partial charge in [-0.15, -0.1) is 11.8 Å². The van der Waals surface area contributed by atoms with Crippen molar-refractivity contribution in [3.8, 4) is 0 Å². The summed E-state index contributed by atoms with van der Waals surface area (Å²) < 4.78 is 0. The lowest BCUT2D eigenvalue weighted by atomic mass is 9.89. The van der Waals surface area contributed by atoms with Gasteiger partial charge in [0.25, 0.3) is 0 Å². The lowest BCUT2D eigenvalue weighted by molar-refractivity contribution is 0.0812. The van der Waals surface area contributed by atoms with Crippen molar-refractivity contribution in [1.29, 1.82) is 0 Å². The summed E-state index contributed by atoms with van der Waals surface area (Å²) in [5, 5.41) is 2.43. The first-order valence-electron chi connectivity index (χ1n) is 9.47. The molecule has 0 spiro atoms. The van der Waals surface area contributed by atoms with Crippen LogP contribution in [0.4, 0.5) is 0 Å². The van der Waals surface area contributed by atoms with Gasteiger partial charge >= 0.3 is 0 Å². The minimum Gasteiger partial charge on any atom is -0.298 e. The number of likely N-dealkylation sites (tertiary alicyclic amines) is 1. The smallest absolute Gasteiger partial charge is 0.167 e. The number of piperidine rings is 1. The number of pyridine rings is 1. The van der Waals surface area contributed by atoms with E-state index in [9.17, 15) is 4.79 Å². The van der Waals surface area contributed by atoms with E-state index in [-0.39, 0.29) is 11.7 Å². The lowest BCUT2D eigenvalue weighted by Gasteiger charge is -2.32. The van der Waals surface area contributed by atoms with Crippen LogP contribution >= 0.6 is 11.8 Å². The van der Waals surface area contributed by atoms with Crippen LogP contribution in [0.25, 0.3) is 10.8 Å². The highest BCUT2D eigenvalue weighted by Gasteiger charge is 2.26. The van der Waals surface area contributed by atoms with Gasteiger partial charge in [-0.05, 0) is 54.8 Å². The van der Waals surface area contributed by atoms with Gasteiger partial charge in [0.2, 0.25) is 0 Å². The number of fused-ring (bicyclic) bond motifs is 1. The highest BCUT2D eigenvalue weighted by Crippen LogP contribution is 2.25. The van der Waals surface area contributed by atoms with Gasteiger partial charge in [0, 0.05) is 47.2 Å². The fraction of sp³-hybridized carbons (Fsp3) is 0.304. The number of rotatable bonds is 5. The van der Waals surface area contributed by atoms with E-state index in [1.165, 1.54) is 21.2 Å². The maximum atomic E-state index is 13.0. The number of carbonyl (C=O) groups is 1. The summed E-state index contributed by atoms with van der Waals surface area (Å²) in [4.78, 5) is 20.8. The Morgan fingerprint density at radius 3 is 2.85 bits per heavy atom. The molecular weight excluding hydrogens is 352 g/mol. The molecule has 0 saturated carbocycles. The standard InChI is InChI=1S/C23H24N2OS/c1-27-21-9-7-17(8-10-21)23(26)20-6-3-13-25(16-20)15-19-5-2-4-18-14-24-12-11-22(18)19/h2,4-5,7-12,14,20H,3,6,13,15-16H2,1H3. The molecule has 0 amide bonds. The van der Waals surface area contributed by atoms with Crippen LogP contribution in [-0.2, 0) is 6.54 Å². The summed E-state index contributed by atoms with van der Waals surface area (Å²) >= 11 is 1.70. The van der Waals surface area contributed by atoms with Crippen LogP contribution in [0.15, 0.2) is 65.8 Å². The van der Waals surface area contributed by atoms with E-state index >= 15 is 0 Å². The molecular formula is C23H24N2OS. The van der Waals surface area contributed by atoms with Crippen LogP contribution in [0, 0.1) is 5.92 Å². The molecule has 4 rings (SSSR count). The third-order valence-corrected chi connectivity index (χ3v) is 6.16. The molecule has 2 heterocycles. The quantitative estimate of drug-likeness (QED) is 0.461. The average Bonchev–Trinajstić information content (AvgIpc) is 2.74. The molecule has 3 nitrogen and oxygen atoms in total. The van der Waals surface area contributed by atoms with Gasteiger partial charge in [-0.25, -0.2) is 0 Å². The third kappa shape index (κ3) is 4.07. The van der Waals surface area contributed by atoms with Gasteiger partial charge in [-0.2, -0.15) is 0 Å². The molecule has 1 aliphatic rings. The van der Waals surface area contributed by atoms with Crippen LogP contribution in [0.1, 0.15) is 28.8 Å². The Labute approximate surface area is 164 Å². The molecule has 1 unspecified atom stereocenters. The minimum atomic E-state index is 0.0931. The van der Waals surface area contributed by atoms with Crippen LogP contribution in [0.2, 0.25) is 0 Å². The van der Waals surface area contributed by atoms with E-state index in [1.54, 1.807) is 11.8 Å². The van der Waals surface area contributed by atoms with Crippen molar-refractivity contribution >= 4 is 28.3 Å². The summed E-state index contributed by atoms with van der Waals surface area (Å²) in [5.74, 6) is 0.380. The summed E-state index contributed by atoms with van der Waals surface area (Å²) in [6.45, 7) is 2.78. The Balaban J connectivity index is 1.48. The van der Waals surface area contributed by atoms with Crippen molar-refractivity contribution in [1.82, 2.24) is 9.88 Å². The number of thioether (sulfide) groups is 1. The first-order chi connectivity index (χ1) is 13.2. The van der Waals surface area contributed by atoms with Gasteiger partial charge in [-0.1, -0.05) is 30.3 Å². The van der Waals surface area contributed by atoms with Crippen molar-refractivity contribution < 1.29 is 4.79 Å². The molecule has 1 aromatic heterocycles. The molecule has 27 heavy (non-hydrogen) atoms. The maximum Gasteiger partial charge on any atom is 0.167 e. The zero-order chi connectivity index (χ0) is 18.6. The predicted octanol–water partition coefficient (Wildman–Crippen LogP) is 5.05. The van der Waals surface area contributed by atoms with Crippen LogP contribution < -0.4 is 0 Å². The second kappa shape index (κ2) is 8.24. The summed E-state index contributed by atoms with van der Waals surface area (Å²) in [7, 11) is 0. The first kappa shape index (κ1) is 18.2.